The molecule has 2 N–H and O–H groups in total. The van der Waals surface area contributed by atoms with Crippen LogP contribution in [0.3, 0.4) is 0 Å². The van der Waals surface area contributed by atoms with E-state index in [1.165, 1.54) is 12.8 Å². The van der Waals surface area contributed by atoms with E-state index in [1.807, 2.05) is 25.7 Å². The summed E-state index contributed by atoms with van der Waals surface area (Å²) in [5, 5.41) is 0. The van der Waals surface area contributed by atoms with Gasteiger partial charge in [0, 0.05) is 12.6 Å². The Morgan fingerprint density at radius 3 is 2.59 bits per heavy atom. The highest BCUT2D eigenvalue weighted by Gasteiger charge is 2.31. The van der Waals surface area contributed by atoms with Crippen molar-refractivity contribution in [3.63, 3.8) is 0 Å². The number of likely N-dealkylation sites (tertiary alicyclic amines) is 1. The summed E-state index contributed by atoms with van der Waals surface area (Å²) >= 11 is 0. The highest BCUT2D eigenvalue weighted by atomic mass is 16.6. The van der Waals surface area contributed by atoms with Crippen LogP contribution in [0.4, 0.5) is 4.79 Å². The molecule has 1 heterocycles. The Bertz CT molecular complexity index is 235. The van der Waals surface area contributed by atoms with Crippen molar-refractivity contribution in [2.75, 3.05) is 6.54 Å². The van der Waals surface area contributed by atoms with Crippen LogP contribution in [0.1, 0.15) is 59.8 Å². The van der Waals surface area contributed by atoms with Gasteiger partial charge in [0.1, 0.15) is 5.60 Å². The maximum Gasteiger partial charge on any atom is 0.410 e. The lowest BCUT2D eigenvalue weighted by molar-refractivity contribution is 0.0219. The van der Waals surface area contributed by atoms with Crippen LogP contribution in [-0.4, -0.2) is 34.7 Å². The van der Waals surface area contributed by atoms with Gasteiger partial charge in [0.2, 0.25) is 0 Å². The summed E-state index contributed by atoms with van der Waals surface area (Å²) in [6, 6.07) is 0.412. The van der Waals surface area contributed by atoms with Crippen LogP contribution in [0.5, 0.6) is 0 Å². The molecule has 0 spiro atoms. The van der Waals surface area contributed by atoms with Gasteiger partial charge in [-0.3, -0.25) is 0 Å². The van der Waals surface area contributed by atoms with Crippen LogP contribution in [0.15, 0.2) is 0 Å². The van der Waals surface area contributed by atoms with Crippen molar-refractivity contribution in [1.82, 2.24) is 4.90 Å². The number of amides is 1. The van der Waals surface area contributed by atoms with Gasteiger partial charge in [-0.15, -0.1) is 0 Å². The fourth-order valence-corrected chi connectivity index (χ4v) is 2.14. The SMILES string of the molecule is CCCCC1CCCN1C(=O)OC(C)(C)C.O. The molecular formula is C13H27NO3. The molecule has 17 heavy (non-hydrogen) atoms. The van der Waals surface area contributed by atoms with Gasteiger partial charge in [-0.1, -0.05) is 19.8 Å². The smallest absolute Gasteiger partial charge is 0.410 e. The molecule has 1 fully saturated rings. The van der Waals surface area contributed by atoms with Gasteiger partial charge >= 0.3 is 6.09 Å². The van der Waals surface area contributed by atoms with Crippen LogP contribution < -0.4 is 0 Å². The topological polar surface area (TPSA) is 61.0 Å². The first-order chi connectivity index (χ1) is 7.44. The van der Waals surface area contributed by atoms with Gasteiger partial charge in [-0.2, -0.15) is 0 Å². The van der Waals surface area contributed by atoms with Crippen LogP contribution in [0, 0.1) is 0 Å². The molecule has 1 aliphatic heterocycles. The molecule has 1 unspecified atom stereocenters. The van der Waals surface area contributed by atoms with Gasteiger partial charge in [0.25, 0.3) is 0 Å². The second-order valence-electron chi connectivity index (χ2n) is 5.61. The van der Waals surface area contributed by atoms with Gasteiger partial charge in [-0.25, -0.2) is 4.79 Å². The first-order valence-corrected chi connectivity index (χ1v) is 6.43. The van der Waals surface area contributed by atoms with Gasteiger partial charge in [0.05, 0.1) is 0 Å². The van der Waals surface area contributed by atoms with E-state index in [4.69, 9.17) is 4.74 Å². The lowest BCUT2D eigenvalue weighted by Gasteiger charge is -2.28. The van der Waals surface area contributed by atoms with E-state index in [0.717, 1.165) is 25.8 Å². The number of nitrogens with zero attached hydrogens (tertiary/aromatic N) is 1. The molecule has 1 amide bonds. The van der Waals surface area contributed by atoms with Gasteiger partial charge < -0.3 is 15.1 Å². The molecule has 0 bridgehead atoms. The normalized spacial score (nSPS) is 20.0. The van der Waals surface area contributed by atoms with Crippen LogP contribution in [0.2, 0.25) is 0 Å². The molecule has 0 saturated carbocycles. The molecule has 4 nitrogen and oxygen atoms in total. The summed E-state index contributed by atoms with van der Waals surface area (Å²) in [6.45, 7) is 8.81. The lowest BCUT2D eigenvalue weighted by atomic mass is 10.1. The van der Waals surface area contributed by atoms with E-state index in [2.05, 4.69) is 6.92 Å². The largest absolute Gasteiger partial charge is 0.444 e. The standard InChI is InChI=1S/C13H25NO2.H2O/c1-5-6-8-11-9-7-10-14(11)12(15)16-13(2,3)4;/h11H,5-10H2,1-4H3;1H2. The number of carbonyl (C=O) groups excluding carboxylic acids is 1. The highest BCUT2D eigenvalue weighted by Crippen LogP contribution is 2.24. The average molecular weight is 245 g/mol. The zero-order chi connectivity index (χ0) is 12.2. The second kappa shape index (κ2) is 6.84. The zero-order valence-electron chi connectivity index (χ0n) is 11.6. The number of hydrogen-bond donors (Lipinski definition) is 0. The molecule has 0 aromatic rings. The predicted molar refractivity (Wildman–Crippen MR) is 69.1 cm³/mol. The quantitative estimate of drug-likeness (QED) is 0.767. The Kier molecular flexibility index (Phi) is 6.53. The fourth-order valence-electron chi connectivity index (χ4n) is 2.14. The van der Waals surface area contributed by atoms with Crippen LogP contribution in [-0.2, 0) is 4.74 Å². The van der Waals surface area contributed by atoms with Crippen molar-refractivity contribution in [2.24, 2.45) is 0 Å². The Balaban J connectivity index is 0.00000256. The summed E-state index contributed by atoms with van der Waals surface area (Å²) in [6.07, 6.45) is 5.64. The zero-order valence-corrected chi connectivity index (χ0v) is 11.6. The average Bonchev–Trinajstić information content (AvgIpc) is 2.59. The minimum atomic E-state index is -0.380. The van der Waals surface area contributed by atoms with Crippen molar-refractivity contribution in [2.45, 2.75) is 71.4 Å². The highest BCUT2D eigenvalue weighted by molar-refractivity contribution is 5.68. The first-order valence-electron chi connectivity index (χ1n) is 6.43. The fraction of sp³-hybridized carbons (Fsp3) is 0.923. The molecule has 0 radical (unpaired) electrons. The second-order valence-corrected chi connectivity index (χ2v) is 5.61. The molecule has 0 aromatic heterocycles. The molecule has 4 heteroatoms. The third kappa shape index (κ3) is 5.39. The van der Waals surface area contributed by atoms with Gasteiger partial charge in [-0.05, 0) is 40.0 Å². The summed E-state index contributed by atoms with van der Waals surface area (Å²) in [5.41, 5.74) is -0.380. The predicted octanol–water partition coefficient (Wildman–Crippen LogP) is 2.75. The number of unbranched alkanes of at least 4 members (excludes halogenated alkanes) is 1. The van der Waals surface area contributed by atoms with E-state index in [-0.39, 0.29) is 17.2 Å². The molecule has 1 atom stereocenters. The Morgan fingerprint density at radius 2 is 2.06 bits per heavy atom. The monoisotopic (exact) mass is 245 g/mol. The van der Waals surface area contributed by atoms with E-state index in [9.17, 15) is 4.79 Å². The van der Waals surface area contributed by atoms with Crippen LogP contribution in [0.25, 0.3) is 0 Å². The maximum atomic E-state index is 11.9. The number of rotatable bonds is 3. The van der Waals surface area contributed by atoms with E-state index in [0.29, 0.717) is 6.04 Å². The van der Waals surface area contributed by atoms with E-state index in [1.54, 1.807) is 0 Å². The number of carbonyl (C=O) groups is 1. The molecule has 1 aliphatic rings. The molecule has 0 aromatic carbocycles. The molecule has 1 rings (SSSR count). The molecular weight excluding hydrogens is 218 g/mol. The third-order valence-corrected chi connectivity index (χ3v) is 2.90. The van der Waals surface area contributed by atoms with Crippen molar-refractivity contribution < 1.29 is 15.0 Å². The number of ether oxygens (including phenoxy) is 1. The number of hydrogen-bond acceptors (Lipinski definition) is 2. The minimum absolute atomic E-state index is 0. The maximum absolute atomic E-state index is 11.9. The molecule has 102 valence electrons. The summed E-state index contributed by atoms with van der Waals surface area (Å²) in [5.74, 6) is 0. The van der Waals surface area contributed by atoms with Crippen molar-refractivity contribution in [1.29, 1.82) is 0 Å². The lowest BCUT2D eigenvalue weighted by Crippen LogP contribution is -2.39. The third-order valence-electron chi connectivity index (χ3n) is 2.90. The summed E-state index contributed by atoms with van der Waals surface area (Å²) < 4.78 is 5.42. The van der Waals surface area contributed by atoms with E-state index >= 15 is 0 Å². The van der Waals surface area contributed by atoms with Gasteiger partial charge in [0.15, 0.2) is 0 Å². The summed E-state index contributed by atoms with van der Waals surface area (Å²) in [4.78, 5) is 13.9. The molecule has 1 saturated heterocycles. The van der Waals surface area contributed by atoms with Crippen LogP contribution >= 0.6 is 0 Å². The first kappa shape index (κ1) is 16.2. The summed E-state index contributed by atoms with van der Waals surface area (Å²) in [7, 11) is 0. The Morgan fingerprint density at radius 1 is 1.41 bits per heavy atom. The molecule has 0 aliphatic carbocycles. The van der Waals surface area contributed by atoms with Crippen molar-refractivity contribution in [3.8, 4) is 0 Å². The Hall–Kier alpha value is -0.770. The van der Waals surface area contributed by atoms with E-state index < -0.39 is 0 Å². The van der Waals surface area contributed by atoms with Crippen molar-refractivity contribution in [3.05, 3.63) is 0 Å². The Labute approximate surface area is 105 Å². The minimum Gasteiger partial charge on any atom is -0.444 e. The van der Waals surface area contributed by atoms with Crippen molar-refractivity contribution >= 4 is 6.09 Å².